The van der Waals surface area contributed by atoms with Crippen LogP contribution in [0.25, 0.3) is 0 Å². The Morgan fingerprint density at radius 2 is 1.84 bits per heavy atom. The predicted octanol–water partition coefficient (Wildman–Crippen LogP) is 2.78. The van der Waals surface area contributed by atoms with Gasteiger partial charge in [-0.3, -0.25) is 14.4 Å². The maximum absolute atomic E-state index is 12.3. The van der Waals surface area contributed by atoms with Crippen molar-refractivity contribution in [3.63, 3.8) is 0 Å². The number of carbonyl (C=O) groups is 4. The molecule has 4 rings (SSSR count). The summed E-state index contributed by atoms with van der Waals surface area (Å²) < 4.78 is 5.64. The minimum absolute atomic E-state index is 0.0467. The van der Waals surface area contributed by atoms with Crippen molar-refractivity contribution in [2.45, 2.75) is 78.1 Å². The first-order valence-electron chi connectivity index (χ1n) is 11.8. The van der Waals surface area contributed by atoms with Gasteiger partial charge in [-0.25, -0.2) is 0 Å². The van der Waals surface area contributed by atoms with Crippen molar-refractivity contribution in [2.75, 3.05) is 6.61 Å². The molecule has 0 bridgehead atoms. The largest absolute Gasteiger partial charge is 0.550 e. The van der Waals surface area contributed by atoms with E-state index in [1.54, 1.807) is 13.0 Å². The third-order valence-electron chi connectivity index (χ3n) is 9.20. The maximum Gasteiger partial charge on any atom is 0.306 e. The Hall–Kier alpha value is -1.98. The fourth-order valence-electron chi connectivity index (χ4n) is 7.79. The van der Waals surface area contributed by atoms with Crippen LogP contribution in [0.5, 0.6) is 0 Å². The highest BCUT2D eigenvalue weighted by atomic mass is 16.5. The van der Waals surface area contributed by atoms with Crippen LogP contribution in [0.4, 0.5) is 0 Å². The van der Waals surface area contributed by atoms with Crippen molar-refractivity contribution in [1.29, 1.82) is 0 Å². The molecule has 4 aliphatic rings. The Bertz CT molecular complexity index is 828. The molecule has 0 saturated heterocycles. The second-order valence-corrected chi connectivity index (χ2v) is 10.5. The molecule has 3 saturated carbocycles. The van der Waals surface area contributed by atoms with Gasteiger partial charge in [-0.05, 0) is 87.5 Å². The van der Waals surface area contributed by atoms with E-state index in [0.717, 1.165) is 44.1 Å². The van der Waals surface area contributed by atoms with Gasteiger partial charge in [0, 0.05) is 23.7 Å². The highest BCUT2D eigenvalue weighted by Gasteiger charge is 2.61. The van der Waals surface area contributed by atoms with E-state index >= 15 is 0 Å². The van der Waals surface area contributed by atoms with Gasteiger partial charge in [0.1, 0.15) is 12.4 Å². The van der Waals surface area contributed by atoms with E-state index in [1.807, 2.05) is 0 Å². The molecule has 0 N–H and O–H groups in total. The van der Waals surface area contributed by atoms with Crippen LogP contribution >= 0.6 is 0 Å². The number of carboxylic acids is 1. The number of hydrogen-bond donors (Lipinski definition) is 0. The molecule has 3 fully saturated rings. The van der Waals surface area contributed by atoms with E-state index in [2.05, 4.69) is 6.92 Å². The number of hydrogen-bond acceptors (Lipinski definition) is 6. The van der Waals surface area contributed by atoms with Crippen LogP contribution in [0.3, 0.4) is 0 Å². The number of ketones is 2. The molecule has 0 heterocycles. The van der Waals surface area contributed by atoms with Crippen molar-refractivity contribution < 1.29 is 29.0 Å². The minimum atomic E-state index is -1.26. The zero-order valence-electron chi connectivity index (χ0n) is 18.6. The number of rotatable bonds is 6. The molecule has 0 spiro atoms. The molecule has 31 heavy (non-hydrogen) atoms. The lowest BCUT2D eigenvalue weighted by atomic mass is 9.46. The van der Waals surface area contributed by atoms with Crippen LogP contribution < -0.4 is 5.11 Å². The minimum Gasteiger partial charge on any atom is -0.550 e. The zero-order chi connectivity index (χ0) is 22.4. The number of carbonyl (C=O) groups excluding carboxylic acids is 4. The molecule has 0 aromatic heterocycles. The Morgan fingerprint density at radius 1 is 1.06 bits per heavy atom. The number of Topliss-reactive ketones (excluding diaryl/α,β-unsaturated/α-hetero) is 1. The topological polar surface area (TPSA) is 101 Å². The molecular formula is C25H33O6-. The summed E-state index contributed by atoms with van der Waals surface area (Å²) in [6, 6.07) is 0. The van der Waals surface area contributed by atoms with E-state index in [0.29, 0.717) is 36.4 Å². The summed E-state index contributed by atoms with van der Waals surface area (Å²) in [5, 5.41) is 10.7. The Balaban J connectivity index is 1.59. The van der Waals surface area contributed by atoms with Crippen molar-refractivity contribution in [2.24, 2.45) is 34.5 Å². The fourth-order valence-corrected chi connectivity index (χ4v) is 7.79. The van der Waals surface area contributed by atoms with E-state index in [-0.39, 0.29) is 42.0 Å². The summed E-state index contributed by atoms with van der Waals surface area (Å²) in [5.74, 6) is 0.102. The standard InChI is InChI=1S/C25H34O6/c1-15(26)19-5-6-20-18-4-3-16-13-17(27)9-12-25(16,21(18)10-11-24(19,20)2)14-31-23(30)8-7-22(28)29/h13,18-21H,3-12,14H2,1-2H3,(H,28,29)/p-1/t18-,19+,20-,21+,24+,25+/m0/s1. The van der Waals surface area contributed by atoms with Gasteiger partial charge in [0.25, 0.3) is 0 Å². The third kappa shape index (κ3) is 3.76. The summed E-state index contributed by atoms with van der Waals surface area (Å²) in [4.78, 5) is 47.4. The van der Waals surface area contributed by atoms with Crippen LogP contribution in [-0.4, -0.2) is 30.1 Å². The summed E-state index contributed by atoms with van der Waals surface area (Å²) in [5.41, 5.74) is 0.830. The van der Waals surface area contributed by atoms with E-state index in [1.165, 1.54) is 0 Å². The summed E-state index contributed by atoms with van der Waals surface area (Å²) in [6.45, 7) is 4.25. The maximum atomic E-state index is 12.3. The Labute approximate surface area is 183 Å². The SMILES string of the molecule is CC(=O)[C@H]1CC[C@H]2[C@@H]3CCC4=CC(=O)CC[C@]4(COC(=O)CCC(=O)[O-])[C@@H]3CC[C@]12C. The molecule has 6 atom stereocenters. The summed E-state index contributed by atoms with van der Waals surface area (Å²) >= 11 is 0. The van der Waals surface area contributed by atoms with Crippen LogP contribution in [0.1, 0.15) is 78.1 Å². The first-order chi connectivity index (χ1) is 14.7. The first kappa shape index (κ1) is 22.2. The third-order valence-corrected chi connectivity index (χ3v) is 9.20. The quantitative estimate of drug-likeness (QED) is 0.602. The average molecular weight is 430 g/mol. The monoisotopic (exact) mass is 429 g/mol. The molecule has 6 heteroatoms. The molecule has 0 amide bonds. The number of ether oxygens (including phenoxy) is 1. The molecule has 0 aromatic rings. The first-order valence-corrected chi connectivity index (χ1v) is 11.8. The Kier molecular flexibility index (Phi) is 5.86. The van der Waals surface area contributed by atoms with Gasteiger partial charge >= 0.3 is 5.97 Å². The van der Waals surface area contributed by atoms with Crippen LogP contribution in [0, 0.1) is 34.5 Å². The van der Waals surface area contributed by atoms with Gasteiger partial charge < -0.3 is 14.6 Å². The van der Waals surface area contributed by atoms with Crippen molar-refractivity contribution in [3.05, 3.63) is 11.6 Å². The normalized spacial score (nSPS) is 39.0. The van der Waals surface area contributed by atoms with Crippen LogP contribution in [-0.2, 0) is 23.9 Å². The molecule has 4 aliphatic carbocycles. The molecule has 170 valence electrons. The lowest BCUT2D eigenvalue weighted by Gasteiger charge is -2.58. The van der Waals surface area contributed by atoms with E-state index in [9.17, 15) is 24.3 Å². The van der Waals surface area contributed by atoms with Gasteiger partial charge in [-0.15, -0.1) is 0 Å². The number of esters is 1. The van der Waals surface area contributed by atoms with Crippen LogP contribution in [0.2, 0.25) is 0 Å². The summed E-state index contributed by atoms with van der Waals surface area (Å²) in [6.07, 6.45) is 8.26. The van der Waals surface area contributed by atoms with Crippen molar-refractivity contribution >= 4 is 23.5 Å². The van der Waals surface area contributed by atoms with Gasteiger partial charge in [-0.1, -0.05) is 12.5 Å². The molecular weight excluding hydrogens is 396 g/mol. The molecule has 0 unspecified atom stereocenters. The zero-order valence-corrected chi connectivity index (χ0v) is 18.6. The summed E-state index contributed by atoms with van der Waals surface area (Å²) in [7, 11) is 0. The van der Waals surface area contributed by atoms with Gasteiger partial charge in [0.2, 0.25) is 0 Å². The van der Waals surface area contributed by atoms with Crippen LogP contribution in [0.15, 0.2) is 11.6 Å². The van der Waals surface area contributed by atoms with E-state index < -0.39 is 11.9 Å². The predicted molar refractivity (Wildman–Crippen MR) is 110 cm³/mol. The number of carboxylic acid groups (broad SMARTS) is 1. The fraction of sp³-hybridized carbons (Fsp3) is 0.760. The highest BCUT2D eigenvalue weighted by molar-refractivity contribution is 5.91. The molecule has 0 radical (unpaired) electrons. The van der Waals surface area contributed by atoms with Gasteiger partial charge in [0.05, 0.1) is 6.42 Å². The molecule has 0 aromatic carbocycles. The highest BCUT2D eigenvalue weighted by Crippen LogP contribution is 2.66. The number of fused-ring (bicyclic) bond motifs is 5. The molecule has 0 aliphatic heterocycles. The molecule has 6 nitrogen and oxygen atoms in total. The lowest BCUT2D eigenvalue weighted by molar-refractivity contribution is -0.305. The van der Waals surface area contributed by atoms with Crippen molar-refractivity contribution in [1.82, 2.24) is 0 Å². The smallest absolute Gasteiger partial charge is 0.306 e. The van der Waals surface area contributed by atoms with Gasteiger partial charge in [0.15, 0.2) is 5.78 Å². The number of aliphatic carboxylic acids is 1. The van der Waals surface area contributed by atoms with E-state index in [4.69, 9.17) is 4.74 Å². The lowest BCUT2D eigenvalue weighted by Crippen LogP contribution is -2.53. The second-order valence-electron chi connectivity index (χ2n) is 10.5. The Morgan fingerprint density at radius 3 is 2.55 bits per heavy atom. The average Bonchev–Trinajstić information content (AvgIpc) is 3.08. The van der Waals surface area contributed by atoms with Crippen molar-refractivity contribution in [3.8, 4) is 0 Å². The van der Waals surface area contributed by atoms with Gasteiger partial charge in [-0.2, -0.15) is 0 Å². The second kappa shape index (κ2) is 8.18.